The number of carbonyl (C=O) groups is 6. The molecule has 0 aliphatic heterocycles. The largest absolute Gasteiger partial charge is 0.384 e. The third-order valence-corrected chi connectivity index (χ3v) is 14.0. The zero-order valence-corrected chi connectivity index (χ0v) is 51.2. The first kappa shape index (κ1) is 69.5. The van der Waals surface area contributed by atoms with E-state index < -0.39 is 64.2 Å². The van der Waals surface area contributed by atoms with E-state index in [0.29, 0.717) is 48.7 Å². The van der Waals surface area contributed by atoms with Crippen molar-refractivity contribution in [3.8, 4) is 0 Å². The number of nitrogens with one attached hydrogen (secondary N) is 5. The average Bonchev–Trinajstić information content (AvgIpc) is 0.892. The molecule has 0 saturated carbocycles. The van der Waals surface area contributed by atoms with Gasteiger partial charge in [0.05, 0.1) is 15.1 Å². The van der Waals surface area contributed by atoms with Crippen molar-refractivity contribution in [2.45, 2.75) is 19.3 Å². The van der Waals surface area contributed by atoms with Gasteiger partial charge in [0.15, 0.2) is 52.3 Å². The van der Waals surface area contributed by atoms with Crippen molar-refractivity contribution in [2.75, 3.05) is 37.1 Å². The van der Waals surface area contributed by atoms with Gasteiger partial charge in [-0.15, -0.1) is 0 Å². The second kappa shape index (κ2) is 31.7. The molecule has 27 heteroatoms. The number of nitrogens with two attached hydrogens (primary N) is 2. The lowest BCUT2D eigenvalue weighted by atomic mass is 9.97. The molecule has 9 aromatic rings. The number of rotatable bonds is 18. The molecule has 0 spiro atoms. The standard InChI is InChI=1S/C23H19ClF2N4O2.C22H17ClF2N4O2.C21H15ClF2N4O2/c1-30(2)22(27)14-5-3-13(4-6-14)20(31)10-15-9-18(25)19(26)11-17(15)23(32)29-21-8-7-16(24)12-28-21;1-27-21(26)13-4-2-12(3-5-13)19(30)9-14-8-17(24)18(25)10-16(14)22(31)29-20-7-6-15(23)11-28-20;22-14-5-6-19(27-10-14)28-21(30)15-9-17(24)16(23)7-13(15)8-18(29)11-1-3-12(4-2-11)20(25)26/h3-9,11-12,27H,10H2,1-2H3,(H,28,29,32);2-8,10-11H,9H2,1H3,(H2,26,27)(H,28,29,31);1-7,9-10H,8H2,(H3,25,26)(H,27,28,30). The van der Waals surface area contributed by atoms with Gasteiger partial charge in [-0.25, -0.2) is 41.3 Å². The first-order valence-corrected chi connectivity index (χ1v) is 28.3. The molecule has 0 fully saturated rings. The van der Waals surface area contributed by atoms with Crippen molar-refractivity contribution in [2.24, 2.45) is 16.5 Å². The highest BCUT2D eigenvalue weighted by Gasteiger charge is 2.24. The minimum Gasteiger partial charge on any atom is -0.384 e. The van der Waals surface area contributed by atoms with Gasteiger partial charge in [0.25, 0.3) is 17.7 Å². The number of hydrogen-bond acceptors (Lipinski definition) is 12. The number of halogens is 9. The Hall–Kier alpha value is -11.0. The van der Waals surface area contributed by atoms with Crippen LogP contribution in [-0.4, -0.2) is 93.6 Å². The number of ketones is 3. The topological polar surface area (TPSA) is 293 Å². The summed E-state index contributed by atoms with van der Waals surface area (Å²) >= 11 is 17.3. The number of amidine groups is 3. The number of Topliss-reactive ketones (excluding diaryl/α,β-unsaturated/α-hetero) is 3. The highest BCUT2D eigenvalue weighted by molar-refractivity contribution is 6.31. The number of nitrogen functional groups attached to an aromatic ring is 1. The Kier molecular flexibility index (Phi) is 23.7. The van der Waals surface area contributed by atoms with E-state index in [-0.39, 0.29) is 93.1 Å². The summed E-state index contributed by atoms with van der Waals surface area (Å²) in [5.74, 6) is -9.62. The lowest BCUT2D eigenvalue weighted by Crippen LogP contribution is -2.21. The molecular formula is C66H51Cl3F6N12O6. The molecule has 0 aliphatic rings. The van der Waals surface area contributed by atoms with Gasteiger partial charge < -0.3 is 32.3 Å². The predicted octanol–water partition coefficient (Wildman–Crippen LogP) is 12.6. The highest BCUT2D eigenvalue weighted by Crippen LogP contribution is 2.25. The maximum absolute atomic E-state index is 13.9. The normalized spacial score (nSPS) is 10.8. The molecule has 18 nitrogen and oxygen atoms in total. The van der Waals surface area contributed by atoms with Crippen LogP contribution in [0.5, 0.6) is 0 Å². The van der Waals surface area contributed by atoms with E-state index in [1.54, 1.807) is 74.6 Å². The van der Waals surface area contributed by atoms with Crippen molar-refractivity contribution >= 4 is 105 Å². The third-order valence-electron chi connectivity index (χ3n) is 13.3. The van der Waals surface area contributed by atoms with Gasteiger partial charge in [-0.05, 0) is 89.5 Å². The van der Waals surface area contributed by atoms with Gasteiger partial charge in [0, 0.05) is 109 Å². The Balaban J connectivity index is 0.000000198. The number of anilines is 3. The molecule has 3 aromatic heterocycles. The number of amides is 3. The molecule has 9 N–H and O–H groups in total. The van der Waals surface area contributed by atoms with Crippen molar-refractivity contribution in [3.05, 3.63) is 281 Å². The van der Waals surface area contributed by atoms with E-state index in [4.69, 9.17) is 57.1 Å². The number of nitrogens with zero attached hydrogens (tertiary/aromatic N) is 5. The van der Waals surface area contributed by atoms with Gasteiger partial charge >= 0.3 is 0 Å². The van der Waals surface area contributed by atoms with Crippen LogP contribution in [0.25, 0.3) is 0 Å². The predicted molar refractivity (Wildman–Crippen MR) is 342 cm³/mol. The lowest BCUT2D eigenvalue weighted by molar-refractivity contribution is 0.0980. The Bertz CT molecular complexity index is 4360. The molecule has 6 aromatic carbocycles. The molecule has 9 rings (SSSR count). The maximum Gasteiger partial charge on any atom is 0.257 e. The Morgan fingerprint density at radius 1 is 0.430 bits per heavy atom. The lowest BCUT2D eigenvalue weighted by Gasteiger charge is -2.14. The van der Waals surface area contributed by atoms with Crippen molar-refractivity contribution in [1.29, 1.82) is 10.8 Å². The SMILES string of the molecule is CN(C)C(=N)c1ccc(C(=O)Cc2cc(F)c(F)cc2C(=O)Nc2ccc(Cl)cn2)cc1.CN=C(N)c1ccc(C(=O)Cc2cc(F)c(F)cc2C(=O)Nc2ccc(Cl)cn2)cc1.N=C(N)c1ccc(C(=O)Cc2cc(F)c(F)cc2C(=O)Nc2ccc(Cl)cn2)cc1. The first-order valence-electron chi connectivity index (χ1n) is 27.1. The average molecular weight is 1330 g/mol. The van der Waals surface area contributed by atoms with E-state index in [9.17, 15) is 55.1 Å². The van der Waals surface area contributed by atoms with Gasteiger partial charge in [-0.3, -0.25) is 44.6 Å². The minimum atomic E-state index is -1.22. The molecule has 0 aliphatic carbocycles. The third kappa shape index (κ3) is 19.1. The van der Waals surface area contributed by atoms with Crippen molar-refractivity contribution in [3.63, 3.8) is 0 Å². The van der Waals surface area contributed by atoms with Crippen LogP contribution in [0.15, 0.2) is 169 Å². The minimum absolute atomic E-state index is 0.0148. The van der Waals surface area contributed by atoms with Crippen LogP contribution in [0, 0.1) is 45.7 Å². The van der Waals surface area contributed by atoms with E-state index in [1.807, 2.05) is 0 Å². The summed E-state index contributed by atoms with van der Waals surface area (Å²) in [6, 6.07) is 32.3. The summed E-state index contributed by atoms with van der Waals surface area (Å²) in [7, 11) is 5.01. The molecular weight excluding hydrogens is 1280 g/mol. The monoisotopic (exact) mass is 1330 g/mol. The Morgan fingerprint density at radius 2 is 0.699 bits per heavy atom. The van der Waals surface area contributed by atoms with E-state index in [1.165, 1.54) is 79.3 Å². The number of hydrogen-bond donors (Lipinski definition) is 7. The molecule has 3 amide bonds. The van der Waals surface area contributed by atoms with Crippen LogP contribution < -0.4 is 27.4 Å². The molecule has 0 radical (unpaired) electrons. The van der Waals surface area contributed by atoms with E-state index in [2.05, 4.69) is 35.9 Å². The Labute approximate surface area is 541 Å². The second-order valence-corrected chi connectivity index (χ2v) is 21.3. The summed E-state index contributed by atoms with van der Waals surface area (Å²) in [6.07, 6.45) is 2.99. The fraction of sp³-hybridized carbons (Fsp3) is 0.0909. The zero-order chi connectivity index (χ0) is 67.8. The van der Waals surface area contributed by atoms with Gasteiger partial charge in [-0.1, -0.05) is 108 Å². The summed E-state index contributed by atoms with van der Waals surface area (Å²) < 4.78 is 83.0. The van der Waals surface area contributed by atoms with E-state index >= 15 is 0 Å². The number of aliphatic imine (C=N–C) groups is 1. The molecule has 0 saturated heterocycles. The fourth-order valence-corrected chi connectivity index (χ4v) is 8.76. The maximum atomic E-state index is 13.9. The summed E-state index contributed by atoms with van der Waals surface area (Å²) in [4.78, 5) is 93.2. The molecule has 0 unspecified atom stereocenters. The zero-order valence-electron chi connectivity index (χ0n) is 49.0. The summed E-state index contributed by atoms with van der Waals surface area (Å²) in [5, 5.41) is 23.9. The van der Waals surface area contributed by atoms with Crippen LogP contribution in [0.4, 0.5) is 43.8 Å². The van der Waals surface area contributed by atoms with Crippen LogP contribution in [-0.2, 0) is 19.3 Å². The smallest absolute Gasteiger partial charge is 0.257 e. The molecule has 3 heterocycles. The number of benzene rings is 6. The second-order valence-electron chi connectivity index (χ2n) is 20.0. The van der Waals surface area contributed by atoms with Crippen LogP contribution in [0.2, 0.25) is 15.1 Å². The molecule has 0 bridgehead atoms. The quantitative estimate of drug-likeness (QED) is 0.0183. The first-order chi connectivity index (χ1) is 44.2. The summed E-state index contributed by atoms with van der Waals surface area (Å²) in [5.41, 5.74) is 13.3. The fourth-order valence-electron chi connectivity index (χ4n) is 8.43. The van der Waals surface area contributed by atoms with Gasteiger partial charge in [0.1, 0.15) is 35.0 Å². The van der Waals surface area contributed by atoms with Gasteiger partial charge in [-0.2, -0.15) is 0 Å². The number of pyridine rings is 3. The molecule has 93 heavy (non-hydrogen) atoms. The number of aromatic nitrogens is 3. The highest BCUT2D eigenvalue weighted by atomic mass is 35.5. The Morgan fingerprint density at radius 3 is 0.957 bits per heavy atom. The molecule has 0 atom stereocenters. The molecule has 474 valence electrons. The van der Waals surface area contributed by atoms with Crippen LogP contribution in [0.1, 0.15) is 95.5 Å². The van der Waals surface area contributed by atoms with Crippen molar-refractivity contribution < 1.29 is 55.1 Å². The van der Waals surface area contributed by atoms with Gasteiger partial charge in [0.2, 0.25) is 0 Å². The summed E-state index contributed by atoms with van der Waals surface area (Å²) in [6.45, 7) is 0. The number of carbonyl (C=O) groups excluding carboxylic acids is 6. The van der Waals surface area contributed by atoms with Crippen molar-refractivity contribution in [1.82, 2.24) is 19.9 Å². The van der Waals surface area contributed by atoms with E-state index in [0.717, 1.165) is 36.4 Å². The van der Waals surface area contributed by atoms with Crippen LogP contribution >= 0.6 is 34.8 Å². The van der Waals surface area contributed by atoms with Crippen LogP contribution in [0.3, 0.4) is 0 Å².